The van der Waals surface area contributed by atoms with Crippen LogP contribution >= 0.6 is 0 Å². The molecule has 0 radical (unpaired) electrons. The molecule has 2 atom stereocenters. The van der Waals surface area contributed by atoms with Gasteiger partial charge in [0.05, 0.1) is 11.2 Å². The van der Waals surface area contributed by atoms with Crippen molar-refractivity contribution >= 4 is 7.12 Å². The van der Waals surface area contributed by atoms with E-state index in [-0.39, 0.29) is 18.3 Å². The van der Waals surface area contributed by atoms with E-state index in [1.807, 2.05) is 0 Å². The van der Waals surface area contributed by atoms with E-state index in [1.165, 1.54) is 18.3 Å². The van der Waals surface area contributed by atoms with Gasteiger partial charge in [-0.25, -0.2) is 0 Å². The Kier molecular flexibility index (Phi) is 3.12. The van der Waals surface area contributed by atoms with Gasteiger partial charge in [0.15, 0.2) is 0 Å². The third kappa shape index (κ3) is 2.08. The SMILES string of the molecule is CCN1C2C=C(B3OC(C)(C)C(C)(C)O3)CC1CC2. The molecule has 3 heterocycles. The van der Waals surface area contributed by atoms with Gasteiger partial charge in [0.25, 0.3) is 0 Å². The minimum Gasteiger partial charge on any atom is -0.400 e. The molecular formula is C15H26BNO2. The minimum atomic E-state index is -0.223. The minimum absolute atomic E-state index is 0.132. The van der Waals surface area contributed by atoms with Gasteiger partial charge in [-0.05, 0) is 59.0 Å². The quantitative estimate of drug-likeness (QED) is 0.715. The summed E-state index contributed by atoms with van der Waals surface area (Å²) in [7, 11) is -0.132. The molecule has 2 fully saturated rings. The molecule has 2 bridgehead atoms. The second-order valence-corrected chi connectivity index (χ2v) is 7.16. The molecule has 106 valence electrons. The lowest BCUT2D eigenvalue weighted by molar-refractivity contribution is 0.00578. The number of hydrogen-bond donors (Lipinski definition) is 0. The Morgan fingerprint density at radius 3 is 2.37 bits per heavy atom. The molecule has 3 aliphatic heterocycles. The predicted molar refractivity (Wildman–Crippen MR) is 78.0 cm³/mol. The molecule has 3 nitrogen and oxygen atoms in total. The molecule has 0 aromatic carbocycles. The summed E-state index contributed by atoms with van der Waals surface area (Å²) in [5.74, 6) is 0. The molecule has 0 aliphatic carbocycles. The van der Waals surface area contributed by atoms with Crippen LogP contribution < -0.4 is 0 Å². The molecule has 3 aliphatic rings. The normalized spacial score (nSPS) is 36.7. The third-order valence-corrected chi connectivity index (χ3v) is 5.49. The number of fused-ring (bicyclic) bond motifs is 2. The highest BCUT2D eigenvalue weighted by Gasteiger charge is 2.53. The fraction of sp³-hybridized carbons (Fsp3) is 0.867. The lowest BCUT2D eigenvalue weighted by Crippen LogP contribution is -2.41. The van der Waals surface area contributed by atoms with Crippen molar-refractivity contribution < 1.29 is 9.31 Å². The molecule has 3 rings (SSSR count). The summed E-state index contributed by atoms with van der Waals surface area (Å²) in [6, 6.07) is 1.31. The lowest BCUT2D eigenvalue weighted by atomic mass is 9.73. The average Bonchev–Trinajstić information content (AvgIpc) is 2.68. The molecule has 0 amide bonds. The number of likely N-dealkylation sites (N-methyl/N-ethyl adjacent to an activating group) is 1. The number of nitrogens with zero attached hydrogens (tertiary/aromatic N) is 1. The van der Waals surface area contributed by atoms with E-state index in [0.717, 1.165) is 13.0 Å². The zero-order chi connectivity index (χ0) is 13.8. The Hall–Kier alpha value is -0.315. The van der Waals surface area contributed by atoms with E-state index in [2.05, 4.69) is 45.6 Å². The largest absolute Gasteiger partial charge is 0.490 e. The Morgan fingerprint density at radius 2 is 1.84 bits per heavy atom. The van der Waals surface area contributed by atoms with Gasteiger partial charge in [0, 0.05) is 12.1 Å². The summed E-state index contributed by atoms with van der Waals surface area (Å²) in [5, 5.41) is 0. The number of hydrogen-bond acceptors (Lipinski definition) is 3. The fourth-order valence-electron chi connectivity index (χ4n) is 3.61. The van der Waals surface area contributed by atoms with Crippen LogP contribution in [0.3, 0.4) is 0 Å². The van der Waals surface area contributed by atoms with E-state index >= 15 is 0 Å². The summed E-state index contributed by atoms with van der Waals surface area (Å²) < 4.78 is 12.4. The Bertz CT molecular complexity index is 389. The van der Waals surface area contributed by atoms with Crippen LogP contribution in [0.1, 0.15) is 53.9 Å². The maximum absolute atomic E-state index is 6.19. The maximum atomic E-state index is 6.19. The van der Waals surface area contributed by atoms with E-state index in [4.69, 9.17) is 9.31 Å². The summed E-state index contributed by atoms with van der Waals surface area (Å²) in [4.78, 5) is 2.62. The standard InChI is InChI=1S/C15H26BNO2/c1-6-17-12-7-8-13(17)10-11(9-12)16-18-14(2,3)15(4,5)19-16/h9,12-13H,6-8,10H2,1-5H3. The monoisotopic (exact) mass is 263 g/mol. The molecule has 2 saturated heterocycles. The van der Waals surface area contributed by atoms with Crippen molar-refractivity contribution in [2.75, 3.05) is 6.54 Å². The van der Waals surface area contributed by atoms with Crippen LogP contribution in [0.15, 0.2) is 11.5 Å². The third-order valence-electron chi connectivity index (χ3n) is 5.49. The Balaban J connectivity index is 1.79. The van der Waals surface area contributed by atoms with Gasteiger partial charge in [0.2, 0.25) is 0 Å². The first-order valence-corrected chi connectivity index (χ1v) is 7.66. The molecule has 0 aromatic rings. The predicted octanol–water partition coefficient (Wildman–Crippen LogP) is 2.80. The summed E-state index contributed by atoms with van der Waals surface area (Å²) in [5.41, 5.74) is 0.926. The van der Waals surface area contributed by atoms with Crippen LogP contribution in [0.2, 0.25) is 0 Å². The first-order valence-electron chi connectivity index (χ1n) is 7.66. The van der Waals surface area contributed by atoms with Crippen molar-refractivity contribution in [3.8, 4) is 0 Å². The second kappa shape index (κ2) is 4.34. The Morgan fingerprint density at radius 1 is 1.21 bits per heavy atom. The first kappa shape index (κ1) is 13.7. The van der Waals surface area contributed by atoms with Crippen molar-refractivity contribution in [3.63, 3.8) is 0 Å². The van der Waals surface area contributed by atoms with Crippen LogP contribution in [0.5, 0.6) is 0 Å². The van der Waals surface area contributed by atoms with E-state index in [0.29, 0.717) is 12.1 Å². The molecule has 19 heavy (non-hydrogen) atoms. The van der Waals surface area contributed by atoms with Crippen molar-refractivity contribution in [1.29, 1.82) is 0 Å². The molecule has 0 aromatic heterocycles. The summed E-state index contributed by atoms with van der Waals surface area (Å²) in [6.07, 6.45) is 6.13. The first-order chi connectivity index (χ1) is 8.84. The van der Waals surface area contributed by atoms with Crippen molar-refractivity contribution in [2.45, 2.75) is 77.2 Å². The van der Waals surface area contributed by atoms with Crippen LogP contribution in [-0.2, 0) is 9.31 Å². The molecule has 0 N–H and O–H groups in total. The Labute approximate surface area is 117 Å². The molecule has 2 unspecified atom stereocenters. The summed E-state index contributed by atoms with van der Waals surface area (Å²) in [6.45, 7) is 11.9. The van der Waals surface area contributed by atoms with Crippen LogP contribution in [0, 0.1) is 0 Å². The smallest absolute Gasteiger partial charge is 0.400 e. The highest BCUT2D eigenvalue weighted by atomic mass is 16.7. The van der Waals surface area contributed by atoms with Crippen molar-refractivity contribution in [2.24, 2.45) is 0 Å². The highest BCUT2D eigenvalue weighted by molar-refractivity contribution is 6.54. The van der Waals surface area contributed by atoms with Gasteiger partial charge in [-0.3, -0.25) is 4.90 Å². The van der Waals surface area contributed by atoms with E-state index in [1.54, 1.807) is 0 Å². The zero-order valence-corrected chi connectivity index (χ0v) is 12.9. The second-order valence-electron chi connectivity index (χ2n) is 7.16. The van der Waals surface area contributed by atoms with Gasteiger partial charge in [-0.15, -0.1) is 0 Å². The van der Waals surface area contributed by atoms with Gasteiger partial charge < -0.3 is 9.31 Å². The zero-order valence-electron chi connectivity index (χ0n) is 12.9. The molecule has 0 saturated carbocycles. The van der Waals surface area contributed by atoms with Crippen molar-refractivity contribution in [3.05, 3.63) is 11.5 Å². The maximum Gasteiger partial charge on any atom is 0.490 e. The molecular weight excluding hydrogens is 237 g/mol. The molecule has 0 spiro atoms. The number of rotatable bonds is 2. The van der Waals surface area contributed by atoms with E-state index in [9.17, 15) is 0 Å². The average molecular weight is 263 g/mol. The topological polar surface area (TPSA) is 21.7 Å². The van der Waals surface area contributed by atoms with Crippen LogP contribution in [0.25, 0.3) is 0 Å². The fourth-order valence-corrected chi connectivity index (χ4v) is 3.61. The van der Waals surface area contributed by atoms with Crippen LogP contribution in [0.4, 0.5) is 0 Å². The highest BCUT2D eigenvalue weighted by Crippen LogP contribution is 2.42. The van der Waals surface area contributed by atoms with Gasteiger partial charge in [0.1, 0.15) is 0 Å². The van der Waals surface area contributed by atoms with Gasteiger partial charge in [-0.2, -0.15) is 0 Å². The summed E-state index contributed by atoms with van der Waals surface area (Å²) >= 11 is 0. The molecule has 4 heteroatoms. The van der Waals surface area contributed by atoms with Crippen LogP contribution in [-0.4, -0.2) is 41.8 Å². The van der Waals surface area contributed by atoms with Gasteiger partial charge >= 0.3 is 7.12 Å². The van der Waals surface area contributed by atoms with Crippen molar-refractivity contribution in [1.82, 2.24) is 4.90 Å². The van der Waals surface area contributed by atoms with Gasteiger partial charge in [-0.1, -0.05) is 13.0 Å². The van der Waals surface area contributed by atoms with E-state index < -0.39 is 0 Å². The lowest BCUT2D eigenvalue weighted by Gasteiger charge is -2.33.